The number of nitrogens with zero attached hydrogens (tertiary/aromatic N) is 3. The lowest BCUT2D eigenvalue weighted by atomic mass is 9.87. The van der Waals surface area contributed by atoms with E-state index >= 15 is 0 Å². The molecule has 2 aromatic heterocycles. The number of hydrogen-bond acceptors (Lipinski definition) is 9. The molecule has 1 aliphatic carbocycles. The van der Waals surface area contributed by atoms with Crippen LogP contribution in [0.15, 0.2) is 40.9 Å². The molecule has 0 unspecified atom stereocenters. The van der Waals surface area contributed by atoms with E-state index in [2.05, 4.69) is 20.5 Å². The fourth-order valence-corrected chi connectivity index (χ4v) is 4.05. The molecule has 0 bridgehead atoms. The van der Waals surface area contributed by atoms with Crippen molar-refractivity contribution in [2.45, 2.75) is 38.2 Å². The summed E-state index contributed by atoms with van der Waals surface area (Å²) >= 11 is 12.1. The van der Waals surface area contributed by atoms with Crippen molar-refractivity contribution in [1.29, 1.82) is 0 Å². The summed E-state index contributed by atoms with van der Waals surface area (Å²) in [6, 6.07) is 8.57. The molecule has 1 aromatic carbocycles. The Morgan fingerprint density at radius 3 is 2.62 bits per heavy atom. The number of hydrogen-bond donors (Lipinski definition) is 1. The number of rotatable bonds is 8. The van der Waals surface area contributed by atoms with Gasteiger partial charge in [-0.3, -0.25) is 9.59 Å². The summed E-state index contributed by atoms with van der Waals surface area (Å²) in [4.78, 5) is 28.5. The average Bonchev–Trinajstić information content (AvgIpc) is 3.32. The Balaban J connectivity index is 1.29. The van der Waals surface area contributed by atoms with Crippen molar-refractivity contribution < 1.29 is 23.5 Å². The lowest BCUT2D eigenvalue weighted by Crippen LogP contribution is -2.28. The number of esters is 1. The number of Topliss-reactive ketones (excluding diaryl/α,β-unsaturated/α-hetero) is 1. The normalized spacial score (nSPS) is 17.7. The van der Waals surface area contributed by atoms with Gasteiger partial charge < -0.3 is 19.2 Å². The Bertz CT molecular complexity index is 1160. The van der Waals surface area contributed by atoms with Crippen LogP contribution in [0.5, 0.6) is 5.88 Å². The van der Waals surface area contributed by atoms with Crippen LogP contribution in [0.2, 0.25) is 10.0 Å². The molecule has 9 nitrogen and oxygen atoms in total. The van der Waals surface area contributed by atoms with Crippen molar-refractivity contribution in [3.63, 3.8) is 0 Å². The molecular formula is C23H22Cl2N4O5. The van der Waals surface area contributed by atoms with Crippen LogP contribution in [0.1, 0.15) is 41.9 Å². The number of benzene rings is 1. The topological polar surface area (TPSA) is 116 Å². The van der Waals surface area contributed by atoms with Gasteiger partial charge in [-0.05, 0) is 43.4 Å². The van der Waals surface area contributed by atoms with E-state index in [0.29, 0.717) is 27.2 Å². The highest BCUT2D eigenvalue weighted by molar-refractivity contribution is 6.43. The summed E-state index contributed by atoms with van der Waals surface area (Å²) in [5.41, 5.74) is 1.16. The third-order valence-corrected chi connectivity index (χ3v) is 6.33. The average molecular weight is 505 g/mol. The van der Waals surface area contributed by atoms with Crippen molar-refractivity contribution in [2.75, 3.05) is 12.4 Å². The third-order valence-electron chi connectivity index (χ3n) is 5.52. The first-order valence-electron chi connectivity index (χ1n) is 10.7. The fourth-order valence-electron chi connectivity index (χ4n) is 3.70. The van der Waals surface area contributed by atoms with Crippen molar-refractivity contribution in [3.8, 4) is 5.88 Å². The molecule has 1 N–H and O–H groups in total. The molecule has 34 heavy (non-hydrogen) atoms. The quantitative estimate of drug-likeness (QED) is 0.332. The minimum atomic E-state index is -0.352. The van der Waals surface area contributed by atoms with Crippen LogP contribution in [0.4, 0.5) is 11.7 Å². The van der Waals surface area contributed by atoms with Crippen LogP contribution in [-0.4, -0.2) is 40.1 Å². The van der Waals surface area contributed by atoms with Crippen molar-refractivity contribution in [1.82, 2.24) is 15.2 Å². The fraction of sp³-hybridized carbons (Fsp3) is 0.348. The maximum absolute atomic E-state index is 12.5. The van der Waals surface area contributed by atoms with Gasteiger partial charge in [-0.25, -0.2) is 4.98 Å². The van der Waals surface area contributed by atoms with E-state index in [4.69, 9.17) is 37.1 Å². The summed E-state index contributed by atoms with van der Waals surface area (Å²) in [7, 11) is 1.41. The monoisotopic (exact) mass is 504 g/mol. The van der Waals surface area contributed by atoms with Crippen LogP contribution < -0.4 is 10.1 Å². The first kappa shape index (κ1) is 24.0. The van der Waals surface area contributed by atoms with E-state index < -0.39 is 0 Å². The molecule has 1 fully saturated rings. The van der Waals surface area contributed by atoms with Gasteiger partial charge in [-0.15, -0.1) is 5.10 Å². The number of aromatic nitrogens is 3. The van der Waals surface area contributed by atoms with Crippen LogP contribution in [0, 0.1) is 5.92 Å². The largest absolute Gasteiger partial charge is 0.474 e. The molecule has 0 radical (unpaired) electrons. The lowest BCUT2D eigenvalue weighted by molar-refractivity contribution is -0.147. The highest BCUT2D eigenvalue weighted by Crippen LogP contribution is 2.31. The predicted molar refractivity (Wildman–Crippen MR) is 125 cm³/mol. The van der Waals surface area contributed by atoms with Gasteiger partial charge in [0.2, 0.25) is 11.7 Å². The van der Waals surface area contributed by atoms with Gasteiger partial charge in [-0.2, -0.15) is 0 Å². The van der Waals surface area contributed by atoms with Gasteiger partial charge in [-0.1, -0.05) is 40.4 Å². The second-order valence-electron chi connectivity index (χ2n) is 7.86. The molecule has 3 aromatic rings. The highest BCUT2D eigenvalue weighted by Gasteiger charge is 2.28. The maximum Gasteiger partial charge on any atom is 0.320 e. The van der Waals surface area contributed by atoms with Gasteiger partial charge in [0.15, 0.2) is 0 Å². The van der Waals surface area contributed by atoms with Crippen molar-refractivity contribution in [2.24, 2.45) is 5.92 Å². The van der Waals surface area contributed by atoms with E-state index in [9.17, 15) is 9.59 Å². The van der Waals surface area contributed by atoms with Gasteiger partial charge in [0.25, 0.3) is 5.89 Å². The number of methoxy groups -OCH3 is 1. The first-order valence-corrected chi connectivity index (χ1v) is 11.5. The number of nitrogens with one attached hydrogen (secondary N) is 1. The Hall–Kier alpha value is -3.17. The van der Waals surface area contributed by atoms with Crippen LogP contribution in [0.25, 0.3) is 0 Å². The minimum Gasteiger partial charge on any atom is -0.474 e. The van der Waals surface area contributed by atoms with E-state index in [1.165, 1.54) is 7.11 Å². The lowest BCUT2D eigenvalue weighted by Gasteiger charge is -2.27. The number of carbonyl (C=O) groups excluding carboxylic acids is 2. The zero-order chi connectivity index (χ0) is 24.1. The second-order valence-corrected chi connectivity index (χ2v) is 8.64. The number of halogens is 2. The third kappa shape index (κ3) is 5.84. The molecule has 11 heteroatoms. The summed E-state index contributed by atoms with van der Waals surface area (Å²) in [5, 5.41) is 11.2. The SMILES string of the molecule is COC(=O)C1CCC(Oc2ccc(CC(=O)c3nnc(Nc4cccc(Cl)c4Cl)o3)cn2)CC1. The van der Waals surface area contributed by atoms with Gasteiger partial charge in [0.1, 0.15) is 6.10 Å². The van der Waals surface area contributed by atoms with Gasteiger partial charge in [0, 0.05) is 18.7 Å². The molecular weight excluding hydrogens is 483 g/mol. The Morgan fingerprint density at radius 2 is 1.91 bits per heavy atom. The van der Waals surface area contributed by atoms with E-state index in [1.54, 1.807) is 36.5 Å². The Labute approximate surface area is 205 Å². The van der Waals surface area contributed by atoms with Crippen molar-refractivity contribution in [3.05, 3.63) is 58.0 Å². The Morgan fingerprint density at radius 1 is 1.12 bits per heavy atom. The van der Waals surface area contributed by atoms with Gasteiger partial charge in [0.05, 0.1) is 28.8 Å². The van der Waals surface area contributed by atoms with Crippen LogP contribution in [-0.2, 0) is 16.0 Å². The first-order chi connectivity index (χ1) is 16.4. The molecule has 178 valence electrons. The zero-order valence-corrected chi connectivity index (χ0v) is 19.8. The second kappa shape index (κ2) is 10.8. The minimum absolute atomic E-state index is 0.00167. The number of ketones is 1. The predicted octanol–water partition coefficient (Wildman–Crippen LogP) is 5.05. The summed E-state index contributed by atoms with van der Waals surface area (Å²) < 4.78 is 16.1. The Kier molecular flexibility index (Phi) is 7.64. The molecule has 2 heterocycles. The number of ether oxygens (including phenoxy) is 2. The van der Waals surface area contributed by atoms with Crippen LogP contribution in [0.3, 0.4) is 0 Å². The molecule has 0 aliphatic heterocycles. The van der Waals surface area contributed by atoms with Crippen molar-refractivity contribution >= 4 is 46.7 Å². The number of carbonyl (C=O) groups is 2. The molecule has 0 amide bonds. The van der Waals surface area contributed by atoms with E-state index in [1.807, 2.05) is 0 Å². The zero-order valence-electron chi connectivity index (χ0n) is 18.3. The standard InChI is InChI=1S/C23H22Cl2N4O5/c1-32-22(31)14-6-8-15(9-7-14)33-19-10-5-13(12-26-19)11-18(30)21-28-29-23(34-21)27-17-4-2-3-16(24)20(17)25/h2-5,10,12,14-15H,6-9,11H2,1H3,(H,27,29). The van der Waals surface area contributed by atoms with Gasteiger partial charge >= 0.3 is 12.0 Å². The molecule has 0 saturated heterocycles. The van der Waals surface area contributed by atoms with E-state index in [0.717, 1.165) is 25.7 Å². The molecule has 1 aliphatic rings. The molecule has 1 saturated carbocycles. The molecule has 4 rings (SSSR count). The summed E-state index contributed by atoms with van der Waals surface area (Å²) in [6.07, 6.45) is 4.60. The van der Waals surface area contributed by atoms with Crippen LogP contribution >= 0.6 is 23.2 Å². The maximum atomic E-state index is 12.5. The summed E-state index contributed by atoms with van der Waals surface area (Å²) in [6.45, 7) is 0. The summed E-state index contributed by atoms with van der Waals surface area (Å²) in [5.74, 6) is -0.241. The molecule has 0 atom stereocenters. The number of anilines is 2. The van der Waals surface area contributed by atoms with E-state index in [-0.39, 0.29) is 42.1 Å². The molecule has 0 spiro atoms. The highest BCUT2D eigenvalue weighted by atomic mass is 35.5. The number of pyridine rings is 1. The smallest absolute Gasteiger partial charge is 0.320 e.